The van der Waals surface area contributed by atoms with E-state index in [4.69, 9.17) is 9.15 Å². The van der Waals surface area contributed by atoms with Crippen molar-refractivity contribution in [3.8, 4) is 17.2 Å². The molecule has 0 saturated heterocycles. The summed E-state index contributed by atoms with van der Waals surface area (Å²) in [5, 5.41) is 5.70. The first-order valence-electron chi connectivity index (χ1n) is 7.09. The van der Waals surface area contributed by atoms with Gasteiger partial charge in [-0.05, 0) is 36.8 Å². The van der Waals surface area contributed by atoms with Crippen LogP contribution in [-0.2, 0) is 6.54 Å². The largest absolute Gasteiger partial charge is 0.497 e. The molecule has 0 aliphatic rings. The second-order valence-electron chi connectivity index (χ2n) is 4.95. The maximum Gasteiger partial charge on any atom is 0.287 e. The molecule has 0 spiro atoms. The molecule has 1 aromatic carbocycles. The molecule has 3 rings (SSSR count). The van der Waals surface area contributed by atoms with Crippen LogP contribution >= 0.6 is 11.3 Å². The van der Waals surface area contributed by atoms with Gasteiger partial charge in [-0.3, -0.25) is 4.79 Å². The lowest BCUT2D eigenvalue weighted by Crippen LogP contribution is -2.22. The smallest absolute Gasteiger partial charge is 0.287 e. The van der Waals surface area contributed by atoms with Crippen molar-refractivity contribution in [3.63, 3.8) is 0 Å². The highest BCUT2D eigenvalue weighted by Gasteiger charge is 2.13. The van der Waals surface area contributed by atoms with Crippen LogP contribution in [0.15, 0.2) is 46.2 Å². The lowest BCUT2D eigenvalue weighted by atomic mass is 10.2. The Hall–Kier alpha value is -2.60. The SMILES string of the molecule is COc1ccc(CNC(=O)c2ccc(-c3csc(C)n3)o2)cc1. The molecule has 23 heavy (non-hydrogen) atoms. The van der Waals surface area contributed by atoms with Gasteiger partial charge in [0.25, 0.3) is 5.91 Å². The molecular weight excluding hydrogens is 312 g/mol. The van der Waals surface area contributed by atoms with E-state index in [0.29, 0.717) is 12.3 Å². The topological polar surface area (TPSA) is 64.4 Å². The van der Waals surface area contributed by atoms with Crippen LogP contribution in [0.1, 0.15) is 21.1 Å². The number of nitrogens with zero attached hydrogens (tertiary/aromatic N) is 1. The summed E-state index contributed by atoms with van der Waals surface area (Å²) < 4.78 is 10.7. The van der Waals surface area contributed by atoms with E-state index < -0.39 is 0 Å². The number of amides is 1. The fraction of sp³-hybridized carbons (Fsp3) is 0.176. The van der Waals surface area contributed by atoms with Crippen LogP contribution in [0.3, 0.4) is 0 Å². The van der Waals surface area contributed by atoms with Gasteiger partial charge in [-0.1, -0.05) is 12.1 Å². The van der Waals surface area contributed by atoms with E-state index in [1.807, 2.05) is 36.6 Å². The fourth-order valence-electron chi connectivity index (χ4n) is 2.09. The first kappa shape index (κ1) is 15.3. The number of hydrogen-bond donors (Lipinski definition) is 1. The van der Waals surface area contributed by atoms with Gasteiger partial charge in [0.1, 0.15) is 11.4 Å². The monoisotopic (exact) mass is 328 g/mol. The number of carbonyl (C=O) groups excluding carboxylic acids is 1. The van der Waals surface area contributed by atoms with Crippen LogP contribution in [-0.4, -0.2) is 18.0 Å². The first-order chi connectivity index (χ1) is 11.2. The van der Waals surface area contributed by atoms with Gasteiger partial charge < -0.3 is 14.5 Å². The van der Waals surface area contributed by atoms with Crippen molar-refractivity contribution in [2.24, 2.45) is 0 Å². The summed E-state index contributed by atoms with van der Waals surface area (Å²) in [5.41, 5.74) is 1.74. The molecule has 1 N–H and O–H groups in total. The summed E-state index contributed by atoms with van der Waals surface area (Å²) in [5.74, 6) is 1.41. The molecule has 2 heterocycles. The molecule has 0 saturated carbocycles. The van der Waals surface area contributed by atoms with E-state index in [1.54, 1.807) is 30.6 Å². The molecule has 0 radical (unpaired) electrons. The number of methoxy groups -OCH3 is 1. The van der Waals surface area contributed by atoms with Crippen LogP contribution < -0.4 is 10.1 Å². The minimum atomic E-state index is -0.251. The second kappa shape index (κ2) is 6.66. The number of thiazole rings is 1. The molecule has 0 atom stereocenters. The number of aryl methyl sites for hydroxylation is 1. The Morgan fingerprint density at radius 2 is 2.04 bits per heavy atom. The van der Waals surface area contributed by atoms with Gasteiger partial charge in [-0.15, -0.1) is 11.3 Å². The van der Waals surface area contributed by atoms with Crippen LogP contribution in [0.25, 0.3) is 11.5 Å². The van der Waals surface area contributed by atoms with Crippen molar-refractivity contribution >= 4 is 17.2 Å². The molecule has 3 aromatic rings. The molecule has 118 valence electrons. The highest BCUT2D eigenvalue weighted by Crippen LogP contribution is 2.23. The summed E-state index contributed by atoms with van der Waals surface area (Å²) in [6, 6.07) is 11.0. The summed E-state index contributed by atoms with van der Waals surface area (Å²) in [6.45, 7) is 2.36. The summed E-state index contributed by atoms with van der Waals surface area (Å²) in [7, 11) is 1.62. The van der Waals surface area contributed by atoms with Gasteiger partial charge in [-0.2, -0.15) is 0 Å². The molecule has 0 unspecified atom stereocenters. The average Bonchev–Trinajstić information content (AvgIpc) is 3.22. The standard InChI is InChI=1S/C17H16N2O3S/c1-11-19-14(10-23-11)15-7-8-16(22-15)17(20)18-9-12-3-5-13(21-2)6-4-12/h3-8,10H,9H2,1-2H3,(H,18,20). The fourth-order valence-corrected chi connectivity index (χ4v) is 2.69. The van der Waals surface area contributed by atoms with Gasteiger partial charge in [0, 0.05) is 11.9 Å². The number of hydrogen-bond acceptors (Lipinski definition) is 5. The Kier molecular flexibility index (Phi) is 4.43. The van der Waals surface area contributed by atoms with Gasteiger partial charge >= 0.3 is 0 Å². The number of rotatable bonds is 5. The average molecular weight is 328 g/mol. The molecule has 6 heteroatoms. The Labute approximate surface area is 137 Å². The van der Waals surface area contributed by atoms with Crippen LogP contribution in [0.2, 0.25) is 0 Å². The third kappa shape index (κ3) is 3.60. The van der Waals surface area contributed by atoms with Crippen molar-refractivity contribution in [3.05, 3.63) is 58.1 Å². The van der Waals surface area contributed by atoms with Crippen LogP contribution in [0.4, 0.5) is 0 Å². The van der Waals surface area contributed by atoms with E-state index in [0.717, 1.165) is 22.0 Å². The number of aromatic nitrogens is 1. The third-order valence-electron chi connectivity index (χ3n) is 3.31. The quantitative estimate of drug-likeness (QED) is 0.776. The summed E-state index contributed by atoms with van der Waals surface area (Å²) >= 11 is 1.55. The molecule has 2 aromatic heterocycles. The van der Waals surface area contributed by atoms with Crippen molar-refractivity contribution in [2.75, 3.05) is 7.11 Å². The Bertz CT molecular complexity index is 805. The normalized spacial score (nSPS) is 10.5. The zero-order valence-electron chi connectivity index (χ0n) is 12.8. The highest BCUT2D eigenvalue weighted by molar-refractivity contribution is 7.09. The van der Waals surface area contributed by atoms with E-state index in [1.165, 1.54) is 0 Å². The number of benzene rings is 1. The van der Waals surface area contributed by atoms with Gasteiger partial charge in [0.05, 0.1) is 12.1 Å². The Morgan fingerprint density at radius 1 is 1.26 bits per heavy atom. The van der Waals surface area contributed by atoms with Crippen molar-refractivity contribution in [2.45, 2.75) is 13.5 Å². The maximum absolute atomic E-state index is 12.1. The van der Waals surface area contributed by atoms with Crippen molar-refractivity contribution < 1.29 is 13.9 Å². The van der Waals surface area contributed by atoms with Crippen LogP contribution in [0, 0.1) is 6.92 Å². The lowest BCUT2D eigenvalue weighted by molar-refractivity contribution is 0.0924. The summed E-state index contributed by atoms with van der Waals surface area (Å²) in [6.07, 6.45) is 0. The van der Waals surface area contributed by atoms with Crippen LogP contribution in [0.5, 0.6) is 5.75 Å². The van der Waals surface area contributed by atoms with E-state index in [9.17, 15) is 4.79 Å². The molecule has 0 bridgehead atoms. The molecule has 0 fully saturated rings. The minimum absolute atomic E-state index is 0.251. The third-order valence-corrected chi connectivity index (χ3v) is 4.09. The molecule has 5 nitrogen and oxygen atoms in total. The number of furan rings is 1. The van der Waals surface area contributed by atoms with Crippen molar-refractivity contribution in [1.82, 2.24) is 10.3 Å². The van der Waals surface area contributed by atoms with Gasteiger partial charge in [0.15, 0.2) is 11.5 Å². The summed E-state index contributed by atoms with van der Waals surface area (Å²) in [4.78, 5) is 16.5. The van der Waals surface area contributed by atoms with E-state index >= 15 is 0 Å². The van der Waals surface area contributed by atoms with Crippen molar-refractivity contribution in [1.29, 1.82) is 0 Å². The molecular formula is C17H16N2O3S. The van der Waals surface area contributed by atoms with Gasteiger partial charge in [0.2, 0.25) is 0 Å². The predicted molar refractivity (Wildman–Crippen MR) is 88.7 cm³/mol. The molecule has 0 aliphatic carbocycles. The molecule has 0 aliphatic heterocycles. The lowest BCUT2D eigenvalue weighted by Gasteiger charge is -2.05. The Morgan fingerprint density at radius 3 is 2.70 bits per heavy atom. The predicted octanol–water partition coefficient (Wildman–Crippen LogP) is 3.65. The van der Waals surface area contributed by atoms with E-state index in [-0.39, 0.29) is 11.7 Å². The highest BCUT2D eigenvalue weighted by atomic mass is 32.1. The van der Waals surface area contributed by atoms with E-state index in [2.05, 4.69) is 10.3 Å². The van der Waals surface area contributed by atoms with Gasteiger partial charge in [-0.25, -0.2) is 4.98 Å². The minimum Gasteiger partial charge on any atom is -0.497 e. The second-order valence-corrected chi connectivity index (χ2v) is 6.01. The molecule has 1 amide bonds. The number of nitrogens with one attached hydrogen (secondary N) is 1. The number of ether oxygens (including phenoxy) is 1. The number of carbonyl (C=O) groups is 1. The maximum atomic E-state index is 12.1. The zero-order chi connectivity index (χ0) is 16.2. The first-order valence-corrected chi connectivity index (χ1v) is 7.97. The zero-order valence-corrected chi connectivity index (χ0v) is 13.6. The Balaban J connectivity index is 1.63.